The molecule has 0 spiro atoms. The molecule has 104 valence electrons. The number of carbonyl (C=O) groups excluding carboxylic acids is 2. The summed E-state index contributed by atoms with van der Waals surface area (Å²) in [6.45, 7) is 5.28. The van der Waals surface area contributed by atoms with Crippen LogP contribution in [0.3, 0.4) is 0 Å². The van der Waals surface area contributed by atoms with Gasteiger partial charge >= 0.3 is 0 Å². The highest BCUT2D eigenvalue weighted by molar-refractivity contribution is 6.33. The number of halogens is 2. The summed E-state index contributed by atoms with van der Waals surface area (Å²) in [7, 11) is 0. The lowest BCUT2D eigenvalue weighted by Gasteiger charge is -2.16. The van der Waals surface area contributed by atoms with Gasteiger partial charge in [-0.1, -0.05) is 23.2 Å². The van der Waals surface area contributed by atoms with Gasteiger partial charge in [0.15, 0.2) is 0 Å². The Morgan fingerprint density at radius 3 is 2.11 bits per heavy atom. The van der Waals surface area contributed by atoms with Gasteiger partial charge in [-0.15, -0.1) is 0 Å². The molecule has 0 saturated heterocycles. The molecule has 2 amide bonds. The average Bonchev–Trinajstić information content (AvgIpc) is 2.26. The Hall–Kier alpha value is -1.33. The van der Waals surface area contributed by atoms with Crippen molar-refractivity contribution in [3.63, 3.8) is 0 Å². The van der Waals surface area contributed by atoms with Gasteiger partial charge in [-0.3, -0.25) is 9.59 Å². The number of hydrogen-bond donors (Lipinski definition) is 2. The predicted molar refractivity (Wildman–Crippen MR) is 74.5 cm³/mol. The maximum absolute atomic E-state index is 11.9. The highest BCUT2D eigenvalue weighted by Crippen LogP contribution is 2.14. The van der Waals surface area contributed by atoms with Gasteiger partial charge in [0.1, 0.15) is 16.3 Å². The summed E-state index contributed by atoms with van der Waals surface area (Å²) in [6, 6.07) is 2.13. The van der Waals surface area contributed by atoms with Crippen molar-refractivity contribution in [1.29, 1.82) is 0 Å². The fourth-order valence-corrected chi connectivity index (χ4v) is 1.81. The molecule has 1 atom stereocenters. The zero-order valence-corrected chi connectivity index (χ0v) is 12.3. The van der Waals surface area contributed by atoms with Crippen LogP contribution in [0.2, 0.25) is 10.3 Å². The first-order chi connectivity index (χ1) is 8.79. The number of nitrogens with one attached hydrogen (secondary N) is 2. The van der Waals surface area contributed by atoms with Crippen LogP contribution in [-0.2, 0) is 4.79 Å². The van der Waals surface area contributed by atoms with Gasteiger partial charge in [0, 0.05) is 11.6 Å². The molecule has 1 heterocycles. The van der Waals surface area contributed by atoms with Crippen LogP contribution in [0.25, 0.3) is 0 Å². The Kier molecular flexibility index (Phi) is 5.57. The van der Waals surface area contributed by atoms with Crippen LogP contribution < -0.4 is 10.6 Å². The van der Waals surface area contributed by atoms with E-state index in [1.807, 2.05) is 13.8 Å². The van der Waals surface area contributed by atoms with Crippen molar-refractivity contribution >= 4 is 35.0 Å². The minimum atomic E-state index is -0.652. The van der Waals surface area contributed by atoms with Crippen LogP contribution in [0.1, 0.15) is 31.1 Å². The number of rotatable bonds is 4. The van der Waals surface area contributed by atoms with Crippen LogP contribution >= 0.6 is 23.2 Å². The Bertz CT molecular complexity index is 472. The molecular formula is C12H15Cl2N3O2. The van der Waals surface area contributed by atoms with Gasteiger partial charge in [0.2, 0.25) is 5.91 Å². The van der Waals surface area contributed by atoms with E-state index >= 15 is 0 Å². The average molecular weight is 304 g/mol. The topological polar surface area (TPSA) is 71.1 Å². The van der Waals surface area contributed by atoms with Gasteiger partial charge in [0.25, 0.3) is 5.91 Å². The maximum atomic E-state index is 11.9. The van der Waals surface area contributed by atoms with Gasteiger partial charge in [-0.25, -0.2) is 4.98 Å². The van der Waals surface area contributed by atoms with Crippen molar-refractivity contribution < 1.29 is 9.59 Å². The SMILES string of the molecule is CC(C)NC(=O)C(C)NC(=O)c1cc(Cl)nc(Cl)c1. The number of aromatic nitrogens is 1. The van der Waals surface area contributed by atoms with Crippen molar-refractivity contribution in [2.24, 2.45) is 0 Å². The van der Waals surface area contributed by atoms with Gasteiger partial charge in [-0.05, 0) is 32.9 Å². The van der Waals surface area contributed by atoms with E-state index < -0.39 is 11.9 Å². The van der Waals surface area contributed by atoms with E-state index in [9.17, 15) is 9.59 Å². The van der Waals surface area contributed by atoms with E-state index in [2.05, 4.69) is 15.6 Å². The second kappa shape index (κ2) is 6.73. The summed E-state index contributed by atoms with van der Waals surface area (Å²) in [5.74, 6) is -0.688. The molecule has 1 unspecified atom stereocenters. The fraction of sp³-hybridized carbons (Fsp3) is 0.417. The standard InChI is InChI=1S/C12H15Cl2N3O2/c1-6(2)15-11(18)7(3)16-12(19)8-4-9(13)17-10(14)5-8/h4-7H,1-3H3,(H,15,18)(H,16,19). The monoisotopic (exact) mass is 303 g/mol. The smallest absolute Gasteiger partial charge is 0.252 e. The predicted octanol–water partition coefficient (Wildman–Crippen LogP) is 2.03. The Morgan fingerprint density at radius 2 is 1.63 bits per heavy atom. The van der Waals surface area contributed by atoms with Gasteiger partial charge in [0.05, 0.1) is 0 Å². The third-order valence-electron chi connectivity index (χ3n) is 2.20. The summed E-state index contributed by atoms with van der Waals surface area (Å²) in [5.41, 5.74) is 0.259. The van der Waals surface area contributed by atoms with E-state index in [-0.39, 0.29) is 27.8 Å². The summed E-state index contributed by atoms with van der Waals surface area (Å²) in [5, 5.41) is 5.51. The molecule has 0 aliphatic carbocycles. The fourth-order valence-electron chi connectivity index (χ4n) is 1.35. The number of amides is 2. The van der Waals surface area contributed by atoms with Crippen molar-refractivity contribution in [3.05, 3.63) is 28.0 Å². The molecule has 0 fully saturated rings. The molecule has 1 aromatic rings. The number of pyridine rings is 1. The van der Waals surface area contributed by atoms with E-state index in [1.54, 1.807) is 6.92 Å². The quantitative estimate of drug-likeness (QED) is 0.836. The van der Waals surface area contributed by atoms with E-state index in [0.29, 0.717) is 0 Å². The van der Waals surface area contributed by atoms with Crippen LogP contribution in [0.4, 0.5) is 0 Å². The molecule has 19 heavy (non-hydrogen) atoms. The molecule has 0 aliphatic rings. The highest BCUT2D eigenvalue weighted by Gasteiger charge is 2.17. The lowest BCUT2D eigenvalue weighted by Crippen LogP contribution is -2.46. The van der Waals surface area contributed by atoms with Gasteiger partial charge in [-0.2, -0.15) is 0 Å². The summed E-state index contributed by atoms with van der Waals surface area (Å²) < 4.78 is 0. The van der Waals surface area contributed by atoms with Crippen LogP contribution in [0, 0.1) is 0 Å². The second-order valence-corrected chi connectivity index (χ2v) is 5.13. The Labute approximate surface area is 121 Å². The largest absolute Gasteiger partial charge is 0.352 e. The Morgan fingerprint density at radius 1 is 1.11 bits per heavy atom. The zero-order valence-electron chi connectivity index (χ0n) is 10.8. The molecule has 0 aliphatic heterocycles. The number of nitrogens with zero attached hydrogens (tertiary/aromatic N) is 1. The maximum Gasteiger partial charge on any atom is 0.252 e. The van der Waals surface area contributed by atoms with Crippen LogP contribution in [-0.4, -0.2) is 28.9 Å². The van der Waals surface area contributed by atoms with E-state index in [1.165, 1.54) is 12.1 Å². The molecule has 1 aromatic heterocycles. The molecule has 0 bridgehead atoms. The van der Waals surface area contributed by atoms with E-state index in [4.69, 9.17) is 23.2 Å². The van der Waals surface area contributed by atoms with E-state index in [0.717, 1.165) is 0 Å². The second-order valence-electron chi connectivity index (χ2n) is 4.36. The van der Waals surface area contributed by atoms with Crippen molar-refractivity contribution in [2.75, 3.05) is 0 Å². The molecule has 7 heteroatoms. The highest BCUT2D eigenvalue weighted by atomic mass is 35.5. The molecule has 1 rings (SSSR count). The third-order valence-corrected chi connectivity index (χ3v) is 2.58. The first kappa shape index (κ1) is 15.7. The summed E-state index contributed by atoms with van der Waals surface area (Å²) in [4.78, 5) is 27.3. The molecule has 2 N–H and O–H groups in total. The van der Waals surface area contributed by atoms with Crippen LogP contribution in [0.5, 0.6) is 0 Å². The Balaban J connectivity index is 2.71. The zero-order chi connectivity index (χ0) is 14.6. The third kappa shape index (κ3) is 5.04. The van der Waals surface area contributed by atoms with Gasteiger partial charge < -0.3 is 10.6 Å². The van der Waals surface area contributed by atoms with Crippen molar-refractivity contribution in [2.45, 2.75) is 32.9 Å². The minimum absolute atomic E-state index is 0.0108. The number of hydrogen-bond acceptors (Lipinski definition) is 3. The van der Waals surface area contributed by atoms with Crippen molar-refractivity contribution in [1.82, 2.24) is 15.6 Å². The molecular weight excluding hydrogens is 289 g/mol. The molecule has 0 radical (unpaired) electrons. The first-order valence-corrected chi connectivity index (χ1v) is 6.49. The minimum Gasteiger partial charge on any atom is -0.352 e. The lowest BCUT2D eigenvalue weighted by atomic mass is 10.2. The molecule has 5 nitrogen and oxygen atoms in total. The normalized spacial score (nSPS) is 12.1. The first-order valence-electron chi connectivity index (χ1n) is 5.74. The molecule has 0 aromatic carbocycles. The lowest BCUT2D eigenvalue weighted by molar-refractivity contribution is -0.123. The molecule has 0 saturated carbocycles. The van der Waals surface area contributed by atoms with Crippen molar-refractivity contribution in [3.8, 4) is 0 Å². The summed E-state index contributed by atoms with van der Waals surface area (Å²) in [6.07, 6.45) is 0. The van der Waals surface area contributed by atoms with Crippen LogP contribution in [0.15, 0.2) is 12.1 Å². The number of carbonyl (C=O) groups is 2. The summed E-state index contributed by atoms with van der Waals surface area (Å²) >= 11 is 11.4.